The van der Waals surface area contributed by atoms with Gasteiger partial charge in [0.1, 0.15) is 11.5 Å². The molecule has 33 heavy (non-hydrogen) atoms. The lowest BCUT2D eigenvalue weighted by Crippen LogP contribution is -2.41. The Morgan fingerprint density at radius 2 is 1.76 bits per heavy atom. The van der Waals surface area contributed by atoms with Crippen LogP contribution in [0.4, 0.5) is 5.69 Å². The van der Waals surface area contributed by atoms with Crippen molar-refractivity contribution in [2.75, 3.05) is 46.2 Å². The summed E-state index contributed by atoms with van der Waals surface area (Å²) < 4.78 is 10.7. The average molecular weight is 474 g/mol. The van der Waals surface area contributed by atoms with Gasteiger partial charge in [0.2, 0.25) is 5.91 Å². The SMILES string of the molecule is COc1ccc(Cl)cc1C(=O)N1CCC(C(=O)Nc2ccc(OCC(=O)N(C)C)cc2)CC1. The van der Waals surface area contributed by atoms with Gasteiger partial charge < -0.3 is 24.6 Å². The number of rotatable bonds is 7. The van der Waals surface area contributed by atoms with Crippen LogP contribution in [0.5, 0.6) is 11.5 Å². The Labute approximate surface area is 198 Å². The van der Waals surface area contributed by atoms with Gasteiger partial charge >= 0.3 is 0 Å². The minimum absolute atomic E-state index is 0.0446. The number of piperidine rings is 1. The molecule has 1 fully saturated rings. The van der Waals surface area contributed by atoms with Crippen LogP contribution in [0.1, 0.15) is 23.2 Å². The van der Waals surface area contributed by atoms with E-state index in [1.165, 1.54) is 12.0 Å². The number of benzene rings is 2. The number of amides is 3. The number of hydrogen-bond donors (Lipinski definition) is 1. The highest BCUT2D eigenvalue weighted by Gasteiger charge is 2.29. The molecule has 0 bridgehead atoms. The van der Waals surface area contributed by atoms with E-state index in [4.69, 9.17) is 21.1 Å². The third-order valence-electron chi connectivity index (χ3n) is 5.53. The second-order valence-corrected chi connectivity index (χ2v) is 8.44. The van der Waals surface area contributed by atoms with Gasteiger partial charge in [-0.2, -0.15) is 0 Å². The van der Waals surface area contributed by atoms with Crippen LogP contribution in [0.25, 0.3) is 0 Å². The summed E-state index contributed by atoms with van der Waals surface area (Å²) in [6.45, 7) is 0.898. The molecule has 2 aromatic rings. The fourth-order valence-corrected chi connectivity index (χ4v) is 3.69. The van der Waals surface area contributed by atoms with Crippen LogP contribution in [-0.4, -0.2) is 68.4 Å². The van der Waals surface area contributed by atoms with Crippen molar-refractivity contribution in [3.05, 3.63) is 53.1 Å². The maximum absolute atomic E-state index is 12.9. The minimum Gasteiger partial charge on any atom is -0.496 e. The lowest BCUT2D eigenvalue weighted by Gasteiger charge is -2.31. The highest BCUT2D eigenvalue weighted by Crippen LogP contribution is 2.27. The molecule has 0 radical (unpaired) electrons. The van der Waals surface area contributed by atoms with Crippen LogP contribution in [-0.2, 0) is 9.59 Å². The van der Waals surface area contributed by atoms with Crippen molar-refractivity contribution in [1.29, 1.82) is 0 Å². The smallest absolute Gasteiger partial charge is 0.259 e. The molecule has 0 saturated carbocycles. The van der Waals surface area contributed by atoms with Crippen LogP contribution in [0.15, 0.2) is 42.5 Å². The zero-order valence-corrected chi connectivity index (χ0v) is 19.7. The Bertz CT molecular complexity index is 1000. The standard InChI is InChI=1S/C24H28ClN3O5/c1-27(2)22(29)15-33-19-7-5-18(6-8-19)26-23(30)16-10-12-28(13-11-16)24(31)20-14-17(25)4-9-21(20)32-3/h4-9,14,16H,10-13,15H2,1-3H3,(H,26,30). The molecule has 3 amide bonds. The maximum Gasteiger partial charge on any atom is 0.259 e. The Morgan fingerprint density at radius 3 is 2.36 bits per heavy atom. The summed E-state index contributed by atoms with van der Waals surface area (Å²) >= 11 is 6.05. The van der Waals surface area contributed by atoms with Gasteiger partial charge in [-0.3, -0.25) is 14.4 Å². The molecule has 1 aliphatic heterocycles. The molecule has 1 saturated heterocycles. The van der Waals surface area contributed by atoms with Crippen molar-refractivity contribution in [2.45, 2.75) is 12.8 Å². The Kier molecular flexibility index (Phi) is 8.16. The van der Waals surface area contributed by atoms with Crippen molar-refractivity contribution in [2.24, 2.45) is 5.92 Å². The first-order chi connectivity index (χ1) is 15.8. The summed E-state index contributed by atoms with van der Waals surface area (Å²) in [5.74, 6) is 0.458. The van der Waals surface area contributed by atoms with E-state index in [-0.39, 0.29) is 30.2 Å². The number of likely N-dealkylation sites (tertiary alicyclic amines) is 1. The second kappa shape index (κ2) is 11.0. The monoisotopic (exact) mass is 473 g/mol. The quantitative estimate of drug-likeness (QED) is 0.666. The number of methoxy groups -OCH3 is 1. The van der Waals surface area contributed by atoms with Crippen LogP contribution < -0.4 is 14.8 Å². The predicted molar refractivity (Wildman–Crippen MR) is 126 cm³/mol. The molecule has 1 heterocycles. The molecule has 8 nitrogen and oxygen atoms in total. The molecule has 0 aliphatic carbocycles. The zero-order valence-electron chi connectivity index (χ0n) is 19.0. The number of nitrogens with one attached hydrogen (secondary N) is 1. The van der Waals surface area contributed by atoms with E-state index in [9.17, 15) is 14.4 Å². The van der Waals surface area contributed by atoms with Gasteiger partial charge in [0.15, 0.2) is 6.61 Å². The predicted octanol–water partition coefficient (Wildman–Crippen LogP) is 3.31. The molecule has 3 rings (SSSR count). The molecule has 1 aliphatic rings. The van der Waals surface area contributed by atoms with E-state index in [1.54, 1.807) is 61.5 Å². The van der Waals surface area contributed by atoms with Gasteiger partial charge in [-0.1, -0.05) is 11.6 Å². The van der Waals surface area contributed by atoms with Gasteiger partial charge in [0, 0.05) is 43.8 Å². The summed E-state index contributed by atoms with van der Waals surface area (Å²) in [6.07, 6.45) is 1.13. The number of halogens is 1. The minimum atomic E-state index is -0.191. The van der Waals surface area contributed by atoms with E-state index in [0.29, 0.717) is 53.7 Å². The Morgan fingerprint density at radius 1 is 1.09 bits per heavy atom. The third kappa shape index (κ3) is 6.38. The lowest BCUT2D eigenvalue weighted by molar-refractivity contribution is -0.130. The van der Waals surface area contributed by atoms with Crippen LogP contribution in [0.3, 0.4) is 0 Å². The highest BCUT2D eigenvalue weighted by atomic mass is 35.5. The fraction of sp³-hybridized carbons (Fsp3) is 0.375. The third-order valence-corrected chi connectivity index (χ3v) is 5.76. The molecule has 176 valence electrons. The number of likely N-dealkylation sites (N-methyl/N-ethyl adjacent to an activating group) is 1. The summed E-state index contributed by atoms with van der Waals surface area (Å²) in [5, 5.41) is 3.38. The van der Waals surface area contributed by atoms with Gasteiger partial charge in [-0.05, 0) is 55.3 Å². The molecular formula is C24H28ClN3O5. The number of carbonyl (C=O) groups excluding carboxylic acids is 3. The normalized spacial score (nSPS) is 13.9. The number of anilines is 1. The fourth-order valence-electron chi connectivity index (χ4n) is 3.52. The first kappa shape index (κ1) is 24.4. The van der Waals surface area contributed by atoms with E-state index in [1.807, 2.05) is 0 Å². The van der Waals surface area contributed by atoms with E-state index in [2.05, 4.69) is 5.32 Å². The topological polar surface area (TPSA) is 88.2 Å². The van der Waals surface area contributed by atoms with Crippen molar-refractivity contribution >= 4 is 35.0 Å². The van der Waals surface area contributed by atoms with E-state index >= 15 is 0 Å². The van der Waals surface area contributed by atoms with Crippen molar-refractivity contribution < 1.29 is 23.9 Å². The van der Waals surface area contributed by atoms with Crippen molar-refractivity contribution in [1.82, 2.24) is 9.80 Å². The van der Waals surface area contributed by atoms with Crippen LogP contribution in [0.2, 0.25) is 5.02 Å². The number of nitrogens with zero attached hydrogens (tertiary/aromatic N) is 2. The zero-order chi connectivity index (χ0) is 24.0. The lowest BCUT2D eigenvalue weighted by atomic mass is 9.95. The number of hydrogen-bond acceptors (Lipinski definition) is 5. The molecule has 0 aromatic heterocycles. The van der Waals surface area contributed by atoms with Crippen molar-refractivity contribution in [3.8, 4) is 11.5 Å². The van der Waals surface area contributed by atoms with Crippen LogP contribution in [0, 0.1) is 5.92 Å². The molecule has 0 atom stereocenters. The van der Waals surface area contributed by atoms with Gasteiger partial charge in [0.05, 0.1) is 12.7 Å². The number of carbonyl (C=O) groups is 3. The van der Waals surface area contributed by atoms with Crippen molar-refractivity contribution in [3.63, 3.8) is 0 Å². The maximum atomic E-state index is 12.9. The molecule has 2 aromatic carbocycles. The first-order valence-corrected chi connectivity index (χ1v) is 11.0. The highest BCUT2D eigenvalue weighted by molar-refractivity contribution is 6.31. The largest absolute Gasteiger partial charge is 0.496 e. The summed E-state index contributed by atoms with van der Waals surface area (Å²) in [7, 11) is 4.84. The average Bonchev–Trinajstić information content (AvgIpc) is 2.82. The molecule has 0 unspecified atom stereocenters. The summed E-state index contributed by atoms with van der Waals surface area (Å²) in [5.41, 5.74) is 1.07. The van der Waals surface area contributed by atoms with Gasteiger partial charge in [-0.25, -0.2) is 0 Å². The first-order valence-electron chi connectivity index (χ1n) is 10.6. The number of ether oxygens (including phenoxy) is 2. The molecule has 1 N–H and O–H groups in total. The van der Waals surface area contributed by atoms with E-state index in [0.717, 1.165) is 0 Å². The van der Waals surface area contributed by atoms with Gasteiger partial charge in [0.25, 0.3) is 11.8 Å². The Hall–Kier alpha value is -3.26. The van der Waals surface area contributed by atoms with E-state index < -0.39 is 0 Å². The second-order valence-electron chi connectivity index (χ2n) is 8.00. The summed E-state index contributed by atoms with van der Waals surface area (Å²) in [6, 6.07) is 11.8. The van der Waals surface area contributed by atoms with Crippen LogP contribution >= 0.6 is 11.6 Å². The molecule has 9 heteroatoms. The summed E-state index contributed by atoms with van der Waals surface area (Å²) in [4.78, 5) is 40.4. The molecule has 0 spiro atoms. The Balaban J connectivity index is 1.51. The molecular weight excluding hydrogens is 446 g/mol. The van der Waals surface area contributed by atoms with Gasteiger partial charge in [-0.15, -0.1) is 0 Å².